The minimum atomic E-state index is -4.31. The molecule has 0 unspecified atom stereocenters. The molecule has 1 nitrogen and oxygen atoms in total. The minimum absolute atomic E-state index is 0.152. The molecule has 0 amide bonds. The third-order valence-electron chi connectivity index (χ3n) is 2.86. The van der Waals surface area contributed by atoms with Gasteiger partial charge < -0.3 is 5.32 Å². The number of anilines is 1. The van der Waals surface area contributed by atoms with Gasteiger partial charge in [0.25, 0.3) is 0 Å². The van der Waals surface area contributed by atoms with Crippen molar-refractivity contribution >= 4 is 5.69 Å². The lowest BCUT2D eigenvalue weighted by molar-refractivity contribution is -0.138. The molecule has 2 aromatic rings. The summed E-state index contributed by atoms with van der Waals surface area (Å²) in [6.45, 7) is 2.11. The summed E-state index contributed by atoms with van der Waals surface area (Å²) in [4.78, 5) is 0. The van der Waals surface area contributed by atoms with Crippen molar-refractivity contribution in [3.8, 4) is 0 Å². The lowest BCUT2D eigenvalue weighted by Crippen LogP contribution is -2.11. The summed E-state index contributed by atoms with van der Waals surface area (Å²) < 4.78 is 38.4. The van der Waals surface area contributed by atoms with Crippen LogP contribution in [0.15, 0.2) is 48.5 Å². The van der Waals surface area contributed by atoms with Crippen LogP contribution in [0.5, 0.6) is 0 Å². The summed E-state index contributed by atoms with van der Waals surface area (Å²) in [6.07, 6.45) is -4.31. The molecule has 0 aliphatic heterocycles. The first-order valence-electron chi connectivity index (χ1n) is 5.92. The molecule has 0 saturated carbocycles. The van der Waals surface area contributed by atoms with Gasteiger partial charge in [-0.25, -0.2) is 0 Å². The Kier molecular flexibility index (Phi) is 3.79. The fourth-order valence-corrected chi connectivity index (χ4v) is 1.82. The second kappa shape index (κ2) is 5.34. The maximum absolute atomic E-state index is 12.8. The third kappa shape index (κ3) is 3.50. The average molecular weight is 265 g/mol. The van der Waals surface area contributed by atoms with Crippen molar-refractivity contribution in [2.24, 2.45) is 0 Å². The number of hydrogen-bond acceptors (Lipinski definition) is 1. The van der Waals surface area contributed by atoms with Crippen LogP contribution in [0.3, 0.4) is 0 Å². The number of alkyl halides is 3. The molecule has 0 heterocycles. The number of rotatable bonds is 3. The van der Waals surface area contributed by atoms with Gasteiger partial charge in [0, 0.05) is 12.2 Å². The highest BCUT2D eigenvalue weighted by Crippen LogP contribution is 2.32. The SMILES string of the molecule is Cc1ccc(NCc2ccccc2C(F)(F)F)cc1. The predicted octanol–water partition coefficient (Wildman–Crippen LogP) is 4.63. The molecular formula is C15H14F3N. The Labute approximate surface area is 110 Å². The quantitative estimate of drug-likeness (QED) is 0.853. The van der Waals surface area contributed by atoms with Crippen LogP contribution in [0.25, 0.3) is 0 Å². The molecule has 0 radical (unpaired) electrons. The van der Waals surface area contributed by atoms with E-state index in [0.717, 1.165) is 17.3 Å². The van der Waals surface area contributed by atoms with E-state index < -0.39 is 11.7 Å². The van der Waals surface area contributed by atoms with Crippen LogP contribution in [0.2, 0.25) is 0 Å². The molecule has 0 aliphatic rings. The van der Waals surface area contributed by atoms with Crippen molar-refractivity contribution in [3.63, 3.8) is 0 Å². The highest BCUT2D eigenvalue weighted by Gasteiger charge is 2.32. The Hall–Kier alpha value is -1.97. The number of aryl methyl sites for hydroxylation is 1. The molecule has 2 aromatic carbocycles. The van der Waals surface area contributed by atoms with Gasteiger partial charge in [-0.05, 0) is 30.7 Å². The summed E-state index contributed by atoms with van der Waals surface area (Å²) in [7, 11) is 0. The first kappa shape index (κ1) is 13.5. The van der Waals surface area contributed by atoms with Gasteiger partial charge in [-0.15, -0.1) is 0 Å². The van der Waals surface area contributed by atoms with E-state index in [4.69, 9.17) is 0 Å². The molecule has 0 aromatic heterocycles. The minimum Gasteiger partial charge on any atom is -0.381 e. The van der Waals surface area contributed by atoms with Gasteiger partial charge in [0.2, 0.25) is 0 Å². The fraction of sp³-hybridized carbons (Fsp3) is 0.200. The van der Waals surface area contributed by atoms with Crippen molar-refractivity contribution in [3.05, 3.63) is 65.2 Å². The van der Waals surface area contributed by atoms with Gasteiger partial charge in [-0.3, -0.25) is 0 Å². The molecule has 4 heteroatoms. The van der Waals surface area contributed by atoms with Crippen molar-refractivity contribution in [2.45, 2.75) is 19.6 Å². The maximum Gasteiger partial charge on any atom is 0.416 e. The first-order chi connectivity index (χ1) is 8.97. The molecule has 2 rings (SSSR count). The van der Waals surface area contributed by atoms with Crippen molar-refractivity contribution in [2.75, 3.05) is 5.32 Å². The first-order valence-corrected chi connectivity index (χ1v) is 5.92. The van der Waals surface area contributed by atoms with Crippen LogP contribution in [0, 0.1) is 6.92 Å². The van der Waals surface area contributed by atoms with Crippen molar-refractivity contribution in [1.82, 2.24) is 0 Å². The van der Waals surface area contributed by atoms with Crippen LogP contribution in [-0.2, 0) is 12.7 Å². The Morgan fingerprint density at radius 3 is 2.21 bits per heavy atom. The van der Waals surface area contributed by atoms with E-state index in [-0.39, 0.29) is 12.1 Å². The van der Waals surface area contributed by atoms with E-state index in [2.05, 4.69) is 5.32 Å². The highest BCUT2D eigenvalue weighted by molar-refractivity contribution is 5.45. The van der Waals surface area contributed by atoms with Gasteiger partial charge in [-0.1, -0.05) is 35.9 Å². The molecule has 0 saturated heterocycles. The van der Waals surface area contributed by atoms with E-state index >= 15 is 0 Å². The maximum atomic E-state index is 12.8. The zero-order valence-electron chi connectivity index (χ0n) is 10.5. The second-order valence-electron chi connectivity index (χ2n) is 4.37. The van der Waals surface area contributed by atoms with Gasteiger partial charge in [-0.2, -0.15) is 13.2 Å². The molecule has 0 aliphatic carbocycles. The lowest BCUT2D eigenvalue weighted by Gasteiger charge is -2.13. The molecule has 19 heavy (non-hydrogen) atoms. The van der Waals surface area contributed by atoms with E-state index in [0.29, 0.717) is 0 Å². The smallest absolute Gasteiger partial charge is 0.381 e. The zero-order valence-corrected chi connectivity index (χ0v) is 10.5. The molecule has 1 N–H and O–H groups in total. The highest BCUT2D eigenvalue weighted by atomic mass is 19.4. The topological polar surface area (TPSA) is 12.0 Å². The monoisotopic (exact) mass is 265 g/mol. The summed E-state index contributed by atoms with van der Waals surface area (Å²) >= 11 is 0. The second-order valence-corrected chi connectivity index (χ2v) is 4.37. The standard InChI is InChI=1S/C15H14F3N/c1-11-6-8-13(9-7-11)19-10-12-4-2-3-5-14(12)15(16,17)18/h2-9,19H,10H2,1H3. The normalized spacial score (nSPS) is 11.4. The fourth-order valence-electron chi connectivity index (χ4n) is 1.82. The van der Waals surface area contributed by atoms with Crippen LogP contribution < -0.4 is 5.32 Å². The lowest BCUT2D eigenvalue weighted by atomic mass is 10.1. The summed E-state index contributed by atoms with van der Waals surface area (Å²) in [6, 6.07) is 13.1. The number of halogens is 3. The Morgan fingerprint density at radius 1 is 0.947 bits per heavy atom. The summed E-state index contributed by atoms with van der Waals surface area (Å²) in [5.74, 6) is 0. The van der Waals surface area contributed by atoms with Gasteiger partial charge in [0.15, 0.2) is 0 Å². The van der Waals surface area contributed by atoms with Gasteiger partial charge >= 0.3 is 6.18 Å². The third-order valence-corrected chi connectivity index (χ3v) is 2.86. The van der Waals surface area contributed by atoms with Gasteiger partial charge in [0.1, 0.15) is 0 Å². The molecular weight excluding hydrogens is 251 g/mol. The van der Waals surface area contributed by atoms with Gasteiger partial charge in [0.05, 0.1) is 5.56 Å². The van der Waals surface area contributed by atoms with Crippen LogP contribution in [0.4, 0.5) is 18.9 Å². The van der Waals surface area contributed by atoms with Crippen LogP contribution in [-0.4, -0.2) is 0 Å². The molecule has 0 atom stereocenters. The number of hydrogen-bond donors (Lipinski definition) is 1. The Balaban J connectivity index is 2.14. The predicted molar refractivity (Wildman–Crippen MR) is 69.9 cm³/mol. The molecule has 100 valence electrons. The Bertz CT molecular complexity index is 544. The number of benzene rings is 2. The number of nitrogens with one attached hydrogen (secondary N) is 1. The molecule has 0 fully saturated rings. The summed E-state index contributed by atoms with van der Waals surface area (Å²) in [5, 5.41) is 3.00. The van der Waals surface area contributed by atoms with Crippen molar-refractivity contribution in [1.29, 1.82) is 0 Å². The largest absolute Gasteiger partial charge is 0.416 e. The van der Waals surface area contributed by atoms with E-state index in [9.17, 15) is 13.2 Å². The summed E-state index contributed by atoms with van der Waals surface area (Å²) in [5.41, 5.74) is 1.58. The average Bonchev–Trinajstić information content (AvgIpc) is 2.37. The van der Waals surface area contributed by atoms with Crippen molar-refractivity contribution < 1.29 is 13.2 Å². The van der Waals surface area contributed by atoms with E-state index in [1.807, 2.05) is 31.2 Å². The molecule has 0 spiro atoms. The van der Waals surface area contributed by atoms with E-state index in [1.54, 1.807) is 6.07 Å². The Morgan fingerprint density at radius 2 is 1.58 bits per heavy atom. The zero-order chi connectivity index (χ0) is 13.9. The van der Waals surface area contributed by atoms with Crippen LogP contribution in [0.1, 0.15) is 16.7 Å². The molecule has 0 bridgehead atoms. The van der Waals surface area contributed by atoms with E-state index in [1.165, 1.54) is 12.1 Å². The van der Waals surface area contributed by atoms with Crippen LogP contribution >= 0.6 is 0 Å².